The average molecular weight is 235 g/mol. The molecule has 4 nitrogen and oxygen atoms in total. The molecule has 0 atom stereocenters. The molecule has 0 saturated heterocycles. The van der Waals surface area contributed by atoms with Crippen molar-refractivity contribution in [2.24, 2.45) is 5.73 Å². The highest BCUT2D eigenvalue weighted by Crippen LogP contribution is 2.09. The molecule has 1 rings (SSSR count). The molecular formula is C8H11F2N3OS. The normalized spacial score (nSPS) is 10.7. The van der Waals surface area contributed by atoms with Gasteiger partial charge in [0.05, 0.1) is 11.6 Å². The van der Waals surface area contributed by atoms with Crippen LogP contribution in [0.1, 0.15) is 15.5 Å². The van der Waals surface area contributed by atoms with Crippen LogP contribution in [0.4, 0.5) is 8.78 Å². The van der Waals surface area contributed by atoms with Gasteiger partial charge >= 0.3 is 0 Å². The largest absolute Gasteiger partial charge is 0.345 e. The minimum atomic E-state index is -2.55. The molecule has 1 aromatic rings. The van der Waals surface area contributed by atoms with Crippen molar-refractivity contribution in [1.82, 2.24) is 10.3 Å². The molecule has 0 fully saturated rings. The van der Waals surface area contributed by atoms with Gasteiger partial charge in [0.2, 0.25) is 0 Å². The molecule has 0 spiro atoms. The minimum Gasteiger partial charge on any atom is -0.345 e. The summed E-state index contributed by atoms with van der Waals surface area (Å²) in [6, 6.07) is 0. The molecule has 0 saturated carbocycles. The van der Waals surface area contributed by atoms with Gasteiger partial charge in [0.1, 0.15) is 5.69 Å². The maximum Gasteiger partial charge on any atom is 0.270 e. The van der Waals surface area contributed by atoms with Gasteiger partial charge < -0.3 is 11.1 Å². The number of nitrogens with one attached hydrogen (secondary N) is 1. The second-order valence-electron chi connectivity index (χ2n) is 2.77. The Morgan fingerprint density at radius 2 is 2.40 bits per heavy atom. The summed E-state index contributed by atoms with van der Waals surface area (Å²) in [5.74, 6) is -0.574. The summed E-state index contributed by atoms with van der Waals surface area (Å²) in [7, 11) is 0. The maximum atomic E-state index is 11.8. The zero-order valence-corrected chi connectivity index (χ0v) is 8.69. The molecule has 7 heteroatoms. The first-order valence-corrected chi connectivity index (χ1v) is 5.22. The van der Waals surface area contributed by atoms with Crippen molar-refractivity contribution in [3.8, 4) is 0 Å². The average Bonchev–Trinajstić information content (AvgIpc) is 2.63. The second kappa shape index (κ2) is 5.72. The predicted molar refractivity (Wildman–Crippen MR) is 53.2 cm³/mol. The Kier molecular flexibility index (Phi) is 4.57. The number of nitrogens with two attached hydrogens (primary N) is 1. The number of halogens is 2. The van der Waals surface area contributed by atoms with E-state index in [2.05, 4.69) is 10.3 Å². The van der Waals surface area contributed by atoms with E-state index in [0.717, 1.165) is 5.01 Å². The molecule has 0 aliphatic rings. The highest BCUT2D eigenvalue weighted by molar-refractivity contribution is 7.09. The Labute approximate surface area is 89.5 Å². The summed E-state index contributed by atoms with van der Waals surface area (Å²) in [5.41, 5.74) is 5.48. The molecule has 0 aromatic carbocycles. The molecule has 1 aromatic heterocycles. The number of aromatic nitrogens is 1. The minimum absolute atomic E-state index is 0.170. The number of rotatable bonds is 5. The topological polar surface area (TPSA) is 68.0 Å². The van der Waals surface area contributed by atoms with Crippen LogP contribution in [-0.2, 0) is 6.42 Å². The Morgan fingerprint density at radius 1 is 1.67 bits per heavy atom. The van der Waals surface area contributed by atoms with Crippen molar-refractivity contribution < 1.29 is 13.6 Å². The number of nitrogens with zero attached hydrogens (tertiary/aromatic N) is 1. The van der Waals surface area contributed by atoms with Crippen molar-refractivity contribution in [2.75, 3.05) is 13.1 Å². The number of carbonyl (C=O) groups excluding carboxylic acids is 1. The van der Waals surface area contributed by atoms with Crippen LogP contribution in [-0.4, -0.2) is 30.4 Å². The smallest absolute Gasteiger partial charge is 0.270 e. The van der Waals surface area contributed by atoms with Gasteiger partial charge in [-0.1, -0.05) is 0 Å². The fraction of sp³-hybridized carbons (Fsp3) is 0.500. The molecule has 0 radical (unpaired) electrons. The van der Waals surface area contributed by atoms with E-state index in [0.29, 0.717) is 13.0 Å². The van der Waals surface area contributed by atoms with Crippen molar-refractivity contribution in [3.63, 3.8) is 0 Å². The lowest BCUT2D eigenvalue weighted by atomic mass is 10.4. The number of thiazole rings is 1. The van der Waals surface area contributed by atoms with Gasteiger partial charge in [0.15, 0.2) is 0 Å². The Morgan fingerprint density at radius 3 is 3.00 bits per heavy atom. The zero-order valence-electron chi connectivity index (χ0n) is 7.87. The van der Waals surface area contributed by atoms with Gasteiger partial charge in [-0.2, -0.15) is 0 Å². The number of hydrogen-bond acceptors (Lipinski definition) is 4. The SMILES string of the molecule is NCCc1nc(C(=O)NCC(F)F)cs1. The van der Waals surface area contributed by atoms with Gasteiger partial charge in [-0.15, -0.1) is 11.3 Å². The third-order valence-corrected chi connectivity index (χ3v) is 2.47. The van der Waals surface area contributed by atoms with Gasteiger partial charge in [0.25, 0.3) is 12.3 Å². The lowest BCUT2D eigenvalue weighted by Crippen LogP contribution is -2.28. The molecule has 0 unspecified atom stereocenters. The van der Waals surface area contributed by atoms with Crippen molar-refractivity contribution in [1.29, 1.82) is 0 Å². The lowest BCUT2D eigenvalue weighted by molar-refractivity contribution is 0.0887. The Balaban J connectivity index is 2.50. The zero-order chi connectivity index (χ0) is 11.3. The summed E-state index contributed by atoms with van der Waals surface area (Å²) >= 11 is 1.30. The summed E-state index contributed by atoms with van der Waals surface area (Å²) in [5, 5.41) is 4.35. The molecule has 0 bridgehead atoms. The number of amides is 1. The number of carbonyl (C=O) groups is 1. The van der Waals surface area contributed by atoms with Crippen LogP contribution in [0.15, 0.2) is 5.38 Å². The maximum absolute atomic E-state index is 11.8. The van der Waals surface area contributed by atoms with Gasteiger partial charge in [-0.3, -0.25) is 4.79 Å². The predicted octanol–water partition coefficient (Wildman–Crippen LogP) is 0.639. The number of hydrogen-bond donors (Lipinski definition) is 2. The van der Waals surface area contributed by atoms with Crippen LogP contribution in [0.2, 0.25) is 0 Å². The monoisotopic (exact) mass is 235 g/mol. The van der Waals surface area contributed by atoms with Crippen LogP contribution >= 0.6 is 11.3 Å². The van der Waals surface area contributed by atoms with Crippen molar-refractivity contribution >= 4 is 17.2 Å². The van der Waals surface area contributed by atoms with Crippen molar-refractivity contribution in [3.05, 3.63) is 16.1 Å². The molecule has 15 heavy (non-hydrogen) atoms. The summed E-state index contributed by atoms with van der Waals surface area (Å²) in [4.78, 5) is 15.2. The van der Waals surface area contributed by atoms with Crippen LogP contribution in [0.5, 0.6) is 0 Å². The highest BCUT2D eigenvalue weighted by Gasteiger charge is 2.12. The quantitative estimate of drug-likeness (QED) is 0.787. The molecule has 0 aliphatic heterocycles. The summed E-state index contributed by atoms with van der Waals surface area (Å²) < 4.78 is 23.6. The third kappa shape index (κ3) is 3.88. The van der Waals surface area contributed by atoms with E-state index in [-0.39, 0.29) is 5.69 Å². The van der Waals surface area contributed by atoms with E-state index in [1.54, 1.807) is 0 Å². The Bertz CT molecular complexity index is 329. The van der Waals surface area contributed by atoms with Crippen LogP contribution in [0.25, 0.3) is 0 Å². The number of alkyl halides is 2. The molecule has 0 aliphatic carbocycles. The van der Waals surface area contributed by atoms with E-state index in [1.165, 1.54) is 16.7 Å². The summed E-state index contributed by atoms with van der Waals surface area (Å²) in [6.07, 6.45) is -1.96. The van der Waals surface area contributed by atoms with Gasteiger partial charge in [-0.25, -0.2) is 13.8 Å². The molecule has 3 N–H and O–H groups in total. The lowest BCUT2D eigenvalue weighted by Gasteiger charge is -2.00. The van der Waals surface area contributed by atoms with Crippen molar-refractivity contribution in [2.45, 2.75) is 12.8 Å². The fourth-order valence-corrected chi connectivity index (χ4v) is 1.71. The van der Waals surface area contributed by atoms with Crippen LogP contribution < -0.4 is 11.1 Å². The Hall–Kier alpha value is -1.08. The molecular weight excluding hydrogens is 224 g/mol. The van der Waals surface area contributed by atoms with E-state index in [9.17, 15) is 13.6 Å². The first-order valence-electron chi connectivity index (χ1n) is 4.34. The summed E-state index contributed by atoms with van der Waals surface area (Å²) in [6.45, 7) is -0.200. The highest BCUT2D eigenvalue weighted by atomic mass is 32.1. The standard InChI is InChI=1S/C8H11F2N3OS/c9-6(10)3-12-8(14)5-4-15-7(13-5)1-2-11/h4,6H,1-3,11H2,(H,12,14). The van der Waals surface area contributed by atoms with E-state index in [1.807, 2.05) is 0 Å². The molecule has 84 valence electrons. The van der Waals surface area contributed by atoms with Crippen LogP contribution in [0.3, 0.4) is 0 Å². The third-order valence-electron chi connectivity index (χ3n) is 1.56. The van der Waals surface area contributed by atoms with Crippen LogP contribution in [0, 0.1) is 0 Å². The molecule has 1 amide bonds. The fourth-order valence-electron chi connectivity index (χ4n) is 0.914. The van der Waals surface area contributed by atoms with E-state index >= 15 is 0 Å². The first-order chi connectivity index (χ1) is 7.13. The second-order valence-corrected chi connectivity index (χ2v) is 3.71. The van der Waals surface area contributed by atoms with Gasteiger partial charge in [-0.05, 0) is 6.54 Å². The van der Waals surface area contributed by atoms with E-state index in [4.69, 9.17) is 5.73 Å². The molecule has 1 heterocycles. The van der Waals surface area contributed by atoms with Gasteiger partial charge in [0, 0.05) is 11.8 Å². The van der Waals surface area contributed by atoms with E-state index < -0.39 is 18.9 Å². The first kappa shape index (κ1) is 12.0.